The predicted molar refractivity (Wildman–Crippen MR) is 196 cm³/mol. The highest BCUT2D eigenvalue weighted by molar-refractivity contribution is 5.90. The molecule has 52 heavy (non-hydrogen) atoms. The second kappa shape index (κ2) is 11.5. The lowest BCUT2D eigenvalue weighted by Gasteiger charge is -2.42. The summed E-state index contributed by atoms with van der Waals surface area (Å²) in [5.41, 5.74) is 4.02. The average molecular weight is 705 g/mol. The van der Waals surface area contributed by atoms with Crippen LogP contribution in [0.5, 0.6) is 0 Å². The molecule has 2 aliphatic rings. The molecule has 8 heteroatoms. The lowest BCUT2D eigenvalue weighted by molar-refractivity contribution is -0.138. The molecule has 0 fully saturated rings. The molecule has 0 aromatic heterocycles. The largest absolute Gasteiger partial charge is 0.416 e. The van der Waals surface area contributed by atoms with Crippen molar-refractivity contribution in [3.63, 3.8) is 0 Å². The molecule has 0 saturated heterocycles. The third-order valence-corrected chi connectivity index (χ3v) is 10.6. The van der Waals surface area contributed by atoms with Crippen LogP contribution in [0.1, 0.15) is 61.1 Å². The van der Waals surface area contributed by atoms with Gasteiger partial charge in [-0.1, -0.05) is 100 Å². The van der Waals surface area contributed by atoms with Gasteiger partial charge in [0.1, 0.15) is 0 Å². The molecule has 0 spiro atoms. The zero-order chi connectivity index (χ0) is 36.8. The molecule has 6 aromatic carbocycles. The van der Waals surface area contributed by atoms with E-state index < -0.39 is 34.3 Å². The fraction of sp³-hybridized carbons (Fsp3) is 0.182. The first-order chi connectivity index (χ1) is 24.6. The van der Waals surface area contributed by atoms with Crippen molar-refractivity contribution in [2.75, 3.05) is 9.80 Å². The first-order valence-corrected chi connectivity index (χ1v) is 17.0. The minimum atomic E-state index is -4.78. The van der Waals surface area contributed by atoms with Gasteiger partial charge in [-0.05, 0) is 94.0 Å². The Morgan fingerprint density at radius 3 is 0.923 bits per heavy atom. The maximum atomic E-state index is 14.8. The molecule has 0 atom stereocenters. The standard InChI is InChI=1S/C44H34F6N2/c1-41(2)33-13-5-9-17-37(33)51(38-18-10-6-14-34(38)41)31-23-27(21-29(25-31)43(45,46)47)28-22-30(44(48,49)50)26-32(24-28)52-39-19-11-7-15-35(39)42(3,4)36-16-8-12-20-40(36)52/h5-26H,1-4H3. The van der Waals surface area contributed by atoms with Crippen LogP contribution in [0.25, 0.3) is 11.1 Å². The second-order valence-electron chi connectivity index (χ2n) is 14.5. The monoisotopic (exact) mass is 704 g/mol. The molecule has 0 bridgehead atoms. The molecule has 2 heterocycles. The zero-order valence-corrected chi connectivity index (χ0v) is 28.9. The van der Waals surface area contributed by atoms with Gasteiger partial charge in [-0.25, -0.2) is 0 Å². The molecule has 0 saturated carbocycles. The van der Waals surface area contributed by atoms with Crippen LogP contribution < -0.4 is 9.80 Å². The molecule has 0 amide bonds. The number of anilines is 6. The summed E-state index contributed by atoms with van der Waals surface area (Å²) in [6, 6.07) is 37.3. The summed E-state index contributed by atoms with van der Waals surface area (Å²) in [6.07, 6.45) is -9.56. The number of halogens is 6. The van der Waals surface area contributed by atoms with Crippen LogP contribution in [-0.2, 0) is 23.2 Å². The number of rotatable bonds is 3. The van der Waals surface area contributed by atoms with E-state index in [1.807, 2.05) is 97.1 Å². The van der Waals surface area contributed by atoms with Crippen molar-refractivity contribution in [3.8, 4) is 11.1 Å². The molecular weight excluding hydrogens is 670 g/mol. The van der Waals surface area contributed by atoms with Crippen LogP contribution in [0.15, 0.2) is 133 Å². The van der Waals surface area contributed by atoms with Crippen molar-refractivity contribution in [3.05, 3.63) is 167 Å². The SMILES string of the molecule is CC1(C)c2ccccc2N(c2cc(-c3cc(N4c5ccccc5C(C)(C)c5ccccc54)cc(C(F)(F)F)c3)cc(C(F)(F)F)c2)c2ccccc21. The van der Waals surface area contributed by atoms with Gasteiger partial charge in [-0.15, -0.1) is 0 Å². The van der Waals surface area contributed by atoms with Crippen LogP contribution in [0.3, 0.4) is 0 Å². The number of hydrogen-bond acceptors (Lipinski definition) is 2. The molecule has 6 aromatic rings. The first kappa shape index (κ1) is 33.6. The van der Waals surface area contributed by atoms with E-state index in [-0.39, 0.29) is 22.5 Å². The van der Waals surface area contributed by atoms with E-state index in [4.69, 9.17) is 0 Å². The summed E-state index contributed by atoms with van der Waals surface area (Å²) >= 11 is 0. The Labute approximate surface area is 298 Å². The van der Waals surface area contributed by atoms with Gasteiger partial charge in [0.05, 0.1) is 33.9 Å². The Morgan fingerprint density at radius 1 is 0.385 bits per heavy atom. The minimum absolute atomic E-state index is 0.0101. The van der Waals surface area contributed by atoms with Crippen molar-refractivity contribution in [2.45, 2.75) is 50.9 Å². The van der Waals surface area contributed by atoms with Gasteiger partial charge in [0.25, 0.3) is 0 Å². The molecule has 262 valence electrons. The Morgan fingerprint density at radius 2 is 0.654 bits per heavy atom. The molecule has 2 nitrogen and oxygen atoms in total. The molecule has 0 unspecified atom stereocenters. The highest BCUT2D eigenvalue weighted by Crippen LogP contribution is 2.55. The molecule has 0 N–H and O–H groups in total. The smallest absolute Gasteiger partial charge is 0.310 e. The minimum Gasteiger partial charge on any atom is -0.310 e. The normalized spacial score (nSPS) is 15.7. The number of fused-ring (bicyclic) bond motifs is 4. The van der Waals surface area contributed by atoms with Gasteiger partial charge in [0.2, 0.25) is 0 Å². The van der Waals surface area contributed by atoms with E-state index in [1.54, 1.807) is 21.9 Å². The van der Waals surface area contributed by atoms with E-state index >= 15 is 0 Å². The third-order valence-electron chi connectivity index (χ3n) is 10.6. The fourth-order valence-electron chi connectivity index (χ4n) is 8.04. The molecular formula is C44H34F6N2. The van der Waals surface area contributed by atoms with Crippen LogP contribution in [-0.4, -0.2) is 0 Å². The van der Waals surface area contributed by atoms with E-state index in [1.165, 1.54) is 0 Å². The maximum absolute atomic E-state index is 14.8. The molecule has 0 aliphatic carbocycles. The van der Waals surface area contributed by atoms with Crippen LogP contribution in [0.2, 0.25) is 0 Å². The summed E-state index contributed by atoms with van der Waals surface area (Å²) in [7, 11) is 0. The molecule has 8 rings (SSSR count). The molecule has 2 aliphatic heterocycles. The summed E-state index contributed by atoms with van der Waals surface area (Å²) < 4.78 is 88.7. The summed E-state index contributed by atoms with van der Waals surface area (Å²) in [5, 5.41) is 0. The highest BCUT2D eigenvalue weighted by Gasteiger charge is 2.40. The lowest BCUT2D eigenvalue weighted by atomic mass is 9.73. The van der Waals surface area contributed by atoms with Crippen molar-refractivity contribution in [1.29, 1.82) is 0 Å². The number of para-hydroxylation sites is 4. The Hall–Kier alpha value is -5.50. The van der Waals surface area contributed by atoms with E-state index in [0.717, 1.165) is 46.5 Å². The number of hydrogen-bond donors (Lipinski definition) is 0. The number of benzene rings is 6. The summed E-state index contributed by atoms with van der Waals surface area (Å²) in [4.78, 5) is 3.56. The van der Waals surface area contributed by atoms with Gasteiger partial charge >= 0.3 is 12.4 Å². The van der Waals surface area contributed by atoms with Crippen LogP contribution >= 0.6 is 0 Å². The Bertz CT molecular complexity index is 2100. The summed E-state index contributed by atoms with van der Waals surface area (Å²) in [5.74, 6) is 0. The van der Waals surface area contributed by atoms with Crippen LogP contribution in [0, 0.1) is 0 Å². The first-order valence-electron chi connectivity index (χ1n) is 17.0. The quantitative estimate of drug-likeness (QED) is 0.169. The third kappa shape index (κ3) is 5.26. The number of alkyl halides is 6. The molecule has 0 radical (unpaired) electrons. The van der Waals surface area contributed by atoms with Gasteiger partial charge in [-0.3, -0.25) is 0 Å². The Kier molecular flexibility index (Phi) is 7.44. The van der Waals surface area contributed by atoms with E-state index in [0.29, 0.717) is 22.7 Å². The van der Waals surface area contributed by atoms with Crippen LogP contribution in [0.4, 0.5) is 60.5 Å². The zero-order valence-electron chi connectivity index (χ0n) is 28.9. The van der Waals surface area contributed by atoms with Gasteiger partial charge in [0.15, 0.2) is 0 Å². The van der Waals surface area contributed by atoms with Gasteiger partial charge in [-0.2, -0.15) is 26.3 Å². The highest BCUT2D eigenvalue weighted by atomic mass is 19.4. The Balaban J connectivity index is 1.39. The van der Waals surface area contributed by atoms with Crippen molar-refractivity contribution < 1.29 is 26.3 Å². The second-order valence-corrected chi connectivity index (χ2v) is 14.5. The fourth-order valence-corrected chi connectivity index (χ4v) is 8.04. The van der Waals surface area contributed by atoms with Gasteiger partial charge in [0, 0.05) is 22.2 Å². The van der Waals surface area contributed by atoms with E-state index in [9.17, 15) is 26.3 Å². The number of nitrogens with zero attached hydrogens (tertiary/aromatic N) is 2. The predicted octanol–water partition coefficient (Wildman–Crippen LogP) is 13.6. The average Bonchev–Trinajstić information content (AvgIpc) is 3.11. The van der Waals surface area contributed by atoms with E-state index in [2.05, 4.69) is 27.7 Å². The summed E-state index contributed by atoms with van der Waals surface area (Å²) in [6.45, 7) is 8.28. The van der Waals surface area contributed by atoms with Crippen molar-refractivity contribution in [2.24, 2.45) is 0 Å². The topological polar surface area (TPSA) is 6.48 Å². The van der Waals surface area contributed by atoms with Crippen molar-refractivity contribution >= 4 is 34.1 Å². The van der Waals surface area contributed by atoms with Gasteiger partial charge < -0.3 is 9.80 Å². The maximum Gasteiger partial charge on any atom is 0.416 e. The van der Waals surface area contributed by atoms with Crippen molar-refractivity contribution in [1.82, 2.24) is 0 Å². The lowest BCUT2D eigenvalue weighted by Crippen LogP contribution is -2.30.